The van der Waals surface area contributed by atoms with Gasteiger partial charge < -0.3 is 15.7 Å². The fourth-order valence-corrected chi connectivity index (χ4v) is 2.68. The van der Waals surface area contributed by atoms with E-state index in [0.29, 0.717) is 0 Å². The Morgan fingerprint density at radius 1 is 1.44 bits per heavy atom. The quantitative estimate of drug-likeness (QED) is 0.892. The first-order chi connectivity index (χ1) is 7.70. The number of halogens is 1. The van der Waals surface area contributed by atoms with Crippen molar-refractivity contribution < 1.29 is 9.90 Å². The zero-order chi connectivity index (χ0) is 11.5. The monoisotopic (exact) mass is 292 g/mol. The number of rotatable bonds is 3. The molecule has 104 valence electrons. The van der Waals surface area contributed by atoms with E-state index in [1.807, 2.05) is 11.4 Å². The van der Waals surface area contributed by atoms with Gasteiger partial charge in [0.2, 0.25) is 5.91 Å². The standard InChI is InChI=1S/C11H16N2O2S.CH4.ClH/c12-9(10(14)8-4-3-7-16-8)11(15)13-5-1-2-6-13;;/h3-4,7,9-10,14H,1-2,5-6,12H2;1H4;1H/t9-,10+;;/m1../s1. The molecule has 0 saturated carbocycles. The highest BCUT2D eigenvalue weighted by Crippen LogP contribution is 2.22. The van der Waals surface area contributed by atoms with Crippen LogP contribution in [0.5, 0.6) is 0 Å². The zero-order valence-electron chi connectivity index (χ0n) is 9.41. The molecule has 0 aromatic carbocycles. The second-order valence-electron chi connectivity index (χ2n) is 4.02. The Kier molecular flexibility index (Phi) is 7.47. The highest BCUT2D eigenvalue weighted by Gasteiger charge is 2.30. The van der Waals surface area contributed by atoms with Gasteiger partial charge in [-0.15, -0.1) is 23.7 Å². The van der Waals surface area contributed by atoms with Crippen LogP contribution in [0.25, 0.3) is 0 Å². The summed E-state index contributed by atoms with van der Waals surface area (Å²) in [6, 6.07) is 2.81. The molecular formula is C12H21ClN2O2S. The molecule has 1 aliphatic rings. The molecule has 6 heteroatoms. The van der Waals surface area contributed by atoms with E-state index in [0.717, 1.165) is 30.8 Å². The van der Waals surface area contributed by atoms with Crippen LogP contribution in [0.4, 0.5) is 0 Å². The molecule has 0 radical (unpaired) electrons. The Hall–Kier alpha value is -0.620. The van der Waals surface area contributed by atoms with Crippen LogP contribution in [0, 0.1) is 0 Å². The molecule has 1 fully saturated rings. The number of aliphatic hydroxyl groups is 1. The zero-order valence-corrected chi connectivity index (χ0v) is 11.0. The number of hydrogen-bond donors (Lipinski definition) is 2. The number of aliphatic hydroxyl groups excluding tert-OH is 1. The average Bonchev–Trinajstić information content (AvgIpc) is 2.97. The van der Waals surface area contributed by atoms with Crippen molar-refractivity contribution in [3.63, 3.8) is 0 Å². The van der Waals surface area contributed by atoms with Crippen LogP contribution in [0.3, 0.4) is 0 Å². The molecule has 0 bridgehead atoms. The van der Waals surface area contributed by atoms with Crippen LogP contribution in [0.15, 0.2) is 17.5 Å². The third kappa shape index (κ3) is 3.68. The van der Waals surface area contributed by atoms with Gasteiger partial charge >= 0.3 is 0 Å². The van der Waals surface area contributed by atoms with Crippen LogP contribution in [0.1, 0.15) is 31.2 Å². The average molecular weight is 293 g/mol. The smallest absolute Gasteiger partial charge is 0.242 e. The maximum Gasteiger partial charge on any atom is 0.242 e. The summed E-state index contributed by atoms with van der Waals surface area (Å²) >= 11 is 1.42. The first-order valence-electron chi connectivity index (χ1n) is 5.46. The first-order valence-corrected chi connectivity index (χ1v) is 6.34. The summed E-state index contributed by atoms with van der Waals surface area (Å²) in [7, 11) is 0. The summed E-state index contributed by atoms with van der Waals surface area (Å²) in [4.78, 5) is 14.4. The van der Waals surface area contributed by atoms with Crippen molar-refractivity contribution >= 4 is 29.7 Å². The molecule has 1 aromatic heterocycles. The predicted octanol–water partition coefficient (Wildman–Crippen LogP) is 1.79. The lowest BCUT2D eigenvalue weighted by Gasteiger charge is -2.23. The minimum Gasteiger partial charge on any atom is -0.385 e. The molecule has 18 heavy (non-hydrogen) atoms. The molecule has 2 atom stereocenters. The van der Waals surface area contributed by atoms with E-state index >= 15 is 0 Å². The number of carbonyl (C=O) groups excluding carboxylic acids is 1. The molecule has 1 aromatic rings. The number of amides is 1. The van der Waals surface area contributed by atoms with Crippen molar-refractivity contribution in [1.29, 1.82) is 0 Å². The van der Waals surface area contributed by atoms with E-state index in [1.54, 1.807) is 11.0 Å². The third-order valence-electron chi connectivity index (χ3n) is 2.88. The highest BCUT2D eigenvalue weighted by atomic mass is 35.5. The van der Waals surface area contributed by atoms with Crippen molar-refractivity contribution in [2.24, 2.45) is 5.73 Å². The lowest BCUT2D eigenvalue weighted by molar-refractivity contribution is -0.134. The van der Waals surface area contributed by atoms with E-state index < -0.39 is 12.1 Å². The van der Waals surface area contributed by atoms with Crippen molar-refractivity contribution in [2.75, 3.05) is 13.1 Å². The molecule has 2 rings (SSSR count). The van der Waals surface area contributed by atoms with Crippen molar-refractivity contribution in [2.45, 2.75) is 32.4 Å². The summed E-state index contributed by atoms with van der Waals surface area (Å²) in [5, 5.41) is 11.8. The fraction of sp³-hybridized carbons (Fsp3) is 0.583. The van der Waals surface area contributed by atoms with Gasteiger partial charge in [-0.2, -0.15) is 0 Å². The Labute approximate surface area is 118 Å². The molecule has 0 aliphatic carbocycles. The van der Waals surface area contributed by atoms with Crippen LogP contribution >= 0.6 is 23.7 Å². The summed E-state index contributed by atoms with van der Waals surface area (Å²) in [6.07, 6.45) is 1.19. The number of carbonyl (C=O) groups is 1. The molecule has 1 amide bonds. The summed E-state index contributed by atoms with van der Waals surface area (Å²) < 4.78 is 0. The Balaban J connectivity index is 0.00000144. The molecule has 0 spiro atoms. The van der Waals surface area contributed by atoms with Crippen molar-refractivity contribution in [3.8, 4) is 0 Å². The number of nitrogens with zero attached hydrogens (tertiary/aromatic N) is 1. The number of nitrogens with two attached hydrogens (primary N) is 1. The topological polar surface area (TPSA) is 66.6 Å². The summed E-state index contributed by atoms with van der Waals surface area (Å²) in [6.45, 7) is 1.54. The molecule has 2 heterocycles. The minimum absolute atomic E-state index is 0. The molecule has 3 N–H and O–H groups in total. The van der Waals surface area contributed by atoms with E-state index in [2.05, 4.69) is 0 Å². The van der Waals surface area contributed by atoms with Crippen LogP contribution < -0.4 is 5.73 Å². The normalized spacial score (nSPS) is 17.6. The van der Waals surface area contributed by atoms with Crippen molar-refractivity contribution in [3.05, 3.63) is 22.4 Å². The summed E-state index contributed by atoms with van der Waals surface area (Å²) in [5.41, 5.74) is 5.80. The van der Waals surface area contributed by atoms with Gasteiger partial charge in [-0.3, -0.25) is 4.79 Å². The molecule has 0 unspecified atom stereocenters. The molecular weight excluding hydrogens is 272 g/mol. The largest absolute Gasteiger partial charge is 0.385 e. The second kappa shape index (κ2) is 7.74. The van der Waals surface area contributed by atoms with Gasteiger partial charge in [0.05, 0.1) is 0 Å². The van der Waals surface area contributed by atoms with E-state index in [1.165, 1.54) is 11.3 Å². The lowest BCUT2D eigenvalue weighted by atomic mass is 10.1. The molecule has 1 saturated heterocycles. The van der Waals surface area contributed by atoms with Gasteiger partial charge in [-0.05, 0) is 24.3 Å². The lowest BCUT2D eigenvalue weighted by Crippen LogP contribution is -2.45. The number of hydrogen-bond acceptors (Lipinski definition) is 4. The Morgan fingerprint density at radius 2 is 2.06 bits per heavy atom. The first kappa shape index (κ1) is 17.4. The second-order valence-corrected chi connectivity index (χ2v) is 5.00. The fourth-order valence-electron chi connectivity index (χ4n) is 1.92. The van der Waals surface area contributed by atoms with Crippen LogP contribution in [-0.2, 0) is 4.79 Å². The minimum atomic E-state index is -0.881. The Bertz CT molecular complexity index is 353. The summed E-state index contributed by atoms with van der Waals surface area (Å²) in [5.74, 6) is -0.140. The van der Waals surface area contributed by atoms with Crippen LogP contribution in [-0.4, -0.2) is 35.0 Å². The van der Waals surface area contributed by atoms with Gasteiger partial charge in [0, 0.05) is 18.0 Å². The molecule has 4 nitrogen and oxygen atoms in total. The predicted molar refractivity (Wildman–Crippen MR) is 77.0 cm³/mol. The van der Waals surface area contributed by atoms with Gasteiger partial charge in [-0.25, -0.2) is 0 Å². The van der Waals surface area contributed by atoms with Gasteiger partial charge in [-0.1, -0.05) is 13.5 Å². The Morgan fingerprint density at radius 3 is 2.56 bits per heavy atom. The third-order valence-corrected chi connectivity index (χ3v) is 3.82. The SMILES string of the molecule is C.Cl.N[C@@H](C(=O)N1CCCC1)[C@@H](O)c1cccs1. The van der Waals surface area contributed by atoms with Gasteiger partial charge in [0.15, 0.2) is 0 Å². The molecule has 1 aliphatic heterocycles. The number of likely N-dealkylation sites (tertiary alicyclic amines) is 1. The van der Waals surface area contributed by atoms with E-state index in [4.69, 9.17) is 5.73 Å². The number of thiophene rings is 1. The maximum atomic E-state index is 11.9. The van der Waals surface area contributed by atoms with Crippen LogP contribution in [0.2, 0.25) is 0 Å². The van der Waals surface area contributed by atoms with Gasteiger partial charge in [0.1, 0.15) is 12.1 Å². The van der Waals surface area contributed by atoms with E-state index in [9.17, 15) is 9.90 Å². The highest BCUT2D eigenvalue weighted by molar-refractivity contribution is 7.10. The van der Waals surface area contributed by atoms with Gasteiger partial charge in [0.25, 0.3) is 0 Å². The van der Waals surface area contributed by atoms with Crippen molar-refractivity contribution in [1.82, 2.24) is 4.90 Å². The maximum absolute atomic E-state index is 11.9. The van der Waals surface area contributed by atoms with E-state index in [-0.39, 0.29) is 25.7 Å².